The maximum absolute atomic E-state index is 13.1. The molecule has 6 nitrogen and oxygen atoms in total. The first-order valence-electron chi connectivity index (χ1n) is 10.3. The van der Waals surface area contributed by atoms with Crippen LogP contribution in [0.5, 0.6) is 5.75 Å². The van der Waals surface area contributed by atoms with Crippen molar-refractivity contribution in [2.75, 3.05) is 19.8 Å². The van der Waals surface area contributed by atoms with Crippen LogP contribution in [0, 0.1) is 5.92 Å². The van der Waals surface area contributed by atoms with Crippen LogP contribution in [0.1, 0.15) is 26.3 Å². The summed E-state index contributed by atoms with van der Waals surface area (Å²) in [6.07, 6.45) is 1.83. The van der Waals surface area contributed by atoms with Gasteiger partial charge in [-0.05, 0) is 72.6 Å². The number of carbonyl (C=O) groups is 2. The van der Waals surface area contributed by atoms with Gasteiger partial charge in [0.25, 0.3) is 5.91 Å². The van der Waals surface area contributed by atoms with E-state index in [4.69, 9.17) is 21.1 Å². The normalized spacial score (nSPS) is 16.3. The molecule has 8 heteroatoms. The Morgan fingerprint density at radius 3 is 2.47 bits per heavy atom. The average Bonchev–Trinajstić information content (AvgIpc) is 3.03. The number of amides is 1. The second kappa shape index (κ2) is 11.2. The molecule has 2 aromatic carbocycles. The number of thioether (sulfide) groups is 1. The molecule has 0 radical (unpaired) electrons. The van der Waals surface area contributed by atoms with Crippen molar-refractivity contribution in [1.29, 1.82) is 0 Å². The Balaban J connectivity index is 1.77. The predicted octanol–water partition coefficient (Wildman–Crippen LogP) is 5.54. The monoisotopic (exact) mass is 472 g/mol. The van der Waals surface area contributed by atoms with Crippen LogP contribution in [0.2, 0.25) is 5.02 Å². The zero-order chi connectivity index (χ0) is 23.1. The van der Waals surface area contributed by atoms with E-state index in [0.29, 0.717) is 39.9 Å². The first-order valence-corrected chi connectivity index (χ1v) is 11.5. The van der Waals surface area contributed by atoms with Gasteiger partial charge < -0.3 is 9.47 Å². The smallest absolute Gasteiger partial charge is 0.344 e. The summed E-state index contributed by atoms with van der Waals surface area (Å²) in [6, 6.07) is 14.4. The number of hydrogen-bond donors (Lipinski definition) is 0. The highest BCUT2D eigenvalue weighted by Crippen LogP contribution is 2.35. The second-order valence-electron chi connectivity index (χ2n) is 7.45. The molecule has 1 amide bonds. The fourth-order valence-corrected chi connectivity index (χ4v) is 4.03. The summed E-state index contributed by atoms with van der Waals surface area (Å²) in [4.78, 5) is 31.5. The molecular formula is C24H25ClN2O4S. The molecule has 1 aliphatic heterocycles. The molecule has 2 aromatic rings. The van der Waals surface area contributed by atoms with Gasteiger partial charge >= 0.3 is 5.97 Å². The molecule has 1 aliphatic rings. The van der Waals surface area contributed by atoms with E-state index in [-0.39, 0.29) is 12.5 Å². The third-order valence-corrected chi connectivity index (χ3v) is 5.59. The van der Waals surface area contributed by atoms with Crippen LogP contribution >= 0.6 is 23.4 Å². The summed E-state index contributed by atoms with van der Waals surface area (Å²) < 4.78 is 10.3. The van der Waals surface area contributed by atoms with Crippen LogP contribution in [0.15, 0.2) is 58.4 Å². The maximum atomic E-state index is 13.1. The number of halogens is 1. The first-order chi connectivity index (χ1) is 15.4. The maximum Gasteiger partial charge on any atom is 0.344 e. The first kappa shape index (κ1) is 23.9. The van der Waals surface area contributed by atoms with Crippen LogP contribution < -0.4 is 4.74 Å². The Hall–Kier alpha value is -2.77. The molecule has 0 spiro atoms. The van der Waals surface area contributed by atoms with Gasteiger partial charge in [0.1, 0.15) is 5.75 Å². The number of carbonyl (C=O) groups excluding carboxylic acids is 2. The van der Waals surface area contributed by atoms with Gasteiger partial charge in [-0.1, -0.05) is 37.6 Å². The third-order valence-electron chi connectivity index (χ3n) is 4.33. The SMILES string of the molecule is CCOC(=O)COc1ccc(/C=C2\SC(=Nc3ccc(Cl)cc3)N(CC(C)C)C2=O)cc1. The van der Waals surface area contributed by atoms with E-state index in [1.165, 1.54) is 11.8 Å². The predicted molar refractivity (Wildman–Crippen MR) is 129 cm³/mol. The minimum absolute atomic E-state index is 0.0703. The summed E-state index contributed by atoms with van der Waals surface area (Å²) in [7, 11) is 0. The molecule has 168 valence electrons. The Morgan fingerprint density at radius 1 is 1.16 bits per heavy atom. The minimum Gasteiger partial charge on any atom is -0.482 e. The topological polar surface area (TPSA) is 68.2 Å². The summed E-state index contributed by atoms with van der Waals surface area (Å²) in [6.45, 7) is 6.63. The van der Waals surface area contributed by atoms with Crippen molar-refractivity contribution in [3.8, 4) is 5.75 Å². The van der Waals surface area contributed by atoms with E-state index < -0.39 is 5.97 Å². The Kier molecular flexibility index (Phi) is 8.36. The highest BCUT2D eigenvalue weighted by atomic mass is 35.5. The number of ether oxygens (including phenoxy) is 2. The zero-order valence-electron chi connectivity index (χ0n) is 18.2. The number of rotatable bonds is 8. The highest BCUT2D eigenvalue weighted by Gasteiger charge is 2.33. The van der Waals surface area contributed by atoms with Crippen LogP contribution in [0.25, 0.3) is 6.08 Å². The summed E-state index contributed by atoms with van der Waals surface area (Å²) in [5, 5.41) is 1.28. The van der Waals surface area contributed by atoms with Crippen molar-refractivity contribution in [2.45, 2.75) is 20.8 Å². The fraction of sp³-hybridized carbons (Fsp3) is 0.292. The number of amidine groups is 1. The molecular weight excluding hydrogens is 448 g/mol. The van der Waals surface area contributed by atoms with Crippen molar-refractivity contribution in [3.63, 3.8) is 0 Å². The van der Waals surface area contributed by atoms with Crippen molar-refractivity contribution >= 4 is 52.2 Å². The lowest BCUT2D eigenvalue weighted by Gasteiger charge is -2.17. The minimum atomic E-state index is -0.413. The summed E-state index contributed by atoms with van der Waals surface area (Å²) in [5.74, 6) is 0.366. The molecule has 3 rings (SSSR count). The van der Waals surface area contributed by atoms with E-state index in [9.17, 15) is 9.59 Å². The molecule has 1 heterocycles. The zero-order valence-corrected chi connectivity index (χ0v) is 19.8. The van der Waals surface area contributed by atoms with E-state index in [1.54, 1.807) is 36.1 Å². The van der Waals surface area contributed by atoms with Gasteiger partial charge in [0.2, 0.25) is 0 Å². The standard InChI is InChI=1S/C24H25ClN2O4S/c1-4-30-22(28)15-31-20-11-5-17(6-12-20)13-21-23(29)27(14-16(2)3)24(32-21)26-19-9-7-18(25)8-10-19/h5-13,16H,4,14-15H2,1-3H3/b21-13-,26-24?. The number of aliphatic imine (C=N–C) groups is 1. The average molecular weight is 473 g/mol. The van der Waals surface area contributed by atoms with E-state index >= 15 is 0 Å². The van der Waals surface area contributed by atoms with Gasteiger partial charge in [0, 0.05) is 11.6 Å². The molecule has 0 N–H and O–H groups in total. The van der Waals surface area contributed by atoms with Gasteiger partial charge in [-0.15, -0.1) is 0 Å². The van der Waals surface area contributed by atoms with E-state index in [0.717, 1.165) is 11.3 Å². The van der Waals surface area contributed by atoms with Crippen molar-refractivity contribution in [3.05, 3.63) is 64.0 Å². The lowest BCUT2D eigenvalue weighted by molar-refractivity contribution is -0.145. The highest BCUT2D eigenvalue weighted by molar-refractivity contribution is 8.18. The molecule has 0 saturated carbocycles. The molecule has 0 aliphatic carbocycles. The summed E-state index contributed by atoms with van der Waals surface area (Å²) in [5.41, 5.74) is 1.59. The van der Waals surface area contributed by atoms with Crippen molar-refractivity contribution < 1.29 is 19.1 Å². The largest absolute Gasteiger partial charge is 0.482 e. The van der Waals surface area contributed by atoms with Gasteiger partial charge in [0.05, 0.1) is 17.2 Å². The van der Waals surface area contributed by atoms with Crippen molar-refractivity contribution in [1.82, 2.24) is 4.90 Å². The molecule has 1 saturated heterocycles. The lowest BCUT2D eigenvalue weighted by Crippen LogP contribution is -2.32. The quantitative estimate of drug-likeness (QED) is 0.372. The number of hydrogen-bond acceptors (Lipinski definition) is 6. The van der Waals surface area contributed by atoms with Gasteiger partial charge in [-0.3, -0.25) is 9.69 Å². The molecule has 32 heavy (non-hydrogen) atoms. The lowest BCUT2D eigenvalue weighted by atomic mass is 10.2. The van der Waals surface area contributed by atoms with Gasteiger partial charge in [-0.2, -0.15) is 0 Å². The summed E-state index contributed by atoms with van der Waals surface area (Å²) >= 11 is 7.31. The Bertz CT molecular complexity index is 1020. The van der Waals surface area contributed by atoms with Crippen LogP contribution in [-0.2, 0) is 14.3 Å². The molecule has 0 bridgehead atoms. The van der Waals surface area contributed by atoms with Crippen LogP contribution in [0.4, 0.5) is 5.69 Å². The Labute approximate surface area is 197 Å². The number of nitrogens with zero attached hydrogens (tertiary/aromatic N) is 2. The van der Waals surface area contributed by atoms with E-state index in [2.05, 4.69) is 18.8 Å². The van der Waals surface area contributed by atoms with E-state index in [1.807, 2.05) is 30.3 Å². The van der Waals surface area contributed by atoms with Gasteiger partial charge in [0.15, 0.2) is 11.8 Å². The molecule has 0 atom stereocenters. The second-order valence-corrected chi connectivity index (χ2v) is 8.90. The fourth-order valence-electron chi connectivity index (χ4n) is 2.90. The number of esters is 1. The van der Waals surface area contributed by atoms with Crippen LogP contribution in [0.3, 0.4) is 0 Å². The van der Waals surface area contributed by atoms with Gasteiger partial charge in [-0.25, -0.2) is 9.79 Å². The van der Waals surface area contributed by atoms with Crippen LogP contribution in [-0.4, -0.2) is 41.7 Å². The Morgan fingerprint density at radius 2 is 1.84 bits per heavy atom. The number of benzene rings is 2. The third kappa shape index (κ3) is 6.61. The molecule has 0 aromatic heterocycles. The van der Waals surface area contributed by atoms with Crippen molar-refractivity contribution in [2.24, 2.45) is 10.9 Å². The molecule has 1 fully saturated rings. The molecule has 0 unspecified atom stereocenters.